The van der Waals surface area contributed by atoms with Crippen LogP contribution in [0.1, 0.15) is 65.3 Å². The molecule has 27 heavy (non-hydrogen) atoms. The Labute approximate surface area is 155 Å². The van der Waals surface area contributed by atoms with E-state index in [-0.39, 0.29) is 11.6 Å². The van der Waals surface area contributed by atoms with Gasteiger partial charge in [0.15, 0.2) is 0 Å². The summed E-state index contributed by atoms with van der Waals surface area (Å²) < 4.78 is 1.33. The normalized spacial score (nSPS) is 16.9. The van der Waals surface area contributed by atoms with Crippen molar-refractivity contribution in [2.24, 2.45) is 5.92 Å². The fourth-order valence-corrected chi connectivity index (χ4v) is 3.35. The lowest BCUT2D eigenvalue weighted by atomic mass is 10.1. The van der Waals surface area contributed by atoms with Crippen molar-refractivity contribution in [3.8, 4) is 5.75 Å². The summed E-state index contributed by atoms with van der Waals surface area (Å²) >= 11 is 0. The summed E-state index contributed by atoms with van der Waals surface area (Å²) in [7, 11) is 0. The van der Waals surface area contributed by atoms with Crippen LogP contribution < -0.4 is 16.2 Å². The summed E-state index contributed by atoms with van der Waals surface area (Å²) in [4.78, 5) is 48.3. The molecule has 0 aromatic carbocycles. The zero-order valence-electron chi connectivity index (χ0n) is 14.9. The number of aliphatic carboxylic acids is 1. The Hall–Kier alpha value is -2.84. The number of amides is 2. The molecule has 4 N–H and O–H groups in total. The maximum atomic E-state index is 12.8. The third-order valence-corrected chi connectivity index (χ3v) is 5.05. The number of carboxylic acid groups (broad SMARTS) is 1. The standard InChI is InChI=1S/C18H23N3O6/c22-13(23)8-20-17(26)14-15(24)12(16(25)19-7-10-5-6-10)9-21(18(14)27)11-3-1-2-4-11/h9-11,24H,1-8H2,(H,19,25)(H,20,26)(H,22,23). The first-order chi connectivity index (χ1) is 12.9. The molecule has 2 aliphatic carbocycles. The van der Waals surface area contributed by atoms with Crippen molar-refractivity contribution >= 4 is 17.8 Å². The molecule has 0 aliphatic heterocycles. The van der Waals surface area contributed by atoms with E-state index in [1.54, 1.807) is 0 Å². The summed E-state index contributed by atoms with van der Waals surface area (Å²) in [5.74, 6) is -3.14. The van der Waals surface area contributed by atoms with Crippen LogP contribution in [0.4, 0.5) is 0 Å². The summed E-state index contributed by atoms with van der Waals surface area (Å²) in [6.07, 6.45) is 6.73. The van der Waals surface area contributed by atoms with Crippen LogP contribution >= 0.6 is 0 Å². The Bertz CT molecular complexity index is 821. The molecule has 0 spiro atoms. The molecule has 9 heteroatoms. The van der Waals surface area contributed by atoms with E-state index in [0.29, 0.717) is 12.5 Å². The molecular weight excluding hydrogens is 354 g/mol. The Kier molecular flexibility index (Phi) is 5.48. The minimum atomic E-state index is -1.28. The number of carboxylic acids is 1. The quantitative estimate of drug-likeness (QED) is 0.550. The summed E-state index contributed by atoms with van der Waals surface area (Å²) in [6, 6.07) is -0.154. The van der Waals surface area contributed by atoms with Crippen LogP contribution in [0.15, 0.2) is 11.0 Å². The molecule has 2 aliphatic rings. The molecule has 0 atom stereocenters. The lowest BCUT2D eigenvalue weighted by Crippen LogP contribution is -2.38. The first-order valence-corrected chi connectivity index (χ1v) is 9.14. The third kappa shape index (κ3) is 4.29. The first-order valence-electron chi connectivity index (χ1n) is 9.14. The van der Waals surface area contributed by atoms with E-state index in [1.165, 1.54) is 10.8 Å². The maximum absolute atomic E-state index is 12.8. The van der Waals surface area contributed by atoms with Gasteiger partial charge in [-0.15, -0.1) is 0 Å². The van der Waals surface area contributed by atoms with E-state index >= 15 is 0 Å². The number of pyridine rings is 1. The zero-order valence-corrected chi connectivity index (χ0v) is 14.9. The van der Waals surface area contributed by atoms with Gasteiger partial charge in [0.2, 0.25) is 0 Å². The number of aromatic hydroxyl groups is 1. The molecule has 0 radical (unpaired) electrons. The predicted molar refractivity (Wildman–Crippen MR) is 94.9 cm³/mol. The highest BCUT2D eigenvalue weighted by Crippen LogP contribution is 2.31. The first kappa shape index (κ1) is 18.9. The van der Waals surface area contributed by atoms with Gasteiger partial charge in [-0.1, -0.05) is 12.8 Å². The van der Waals surface area contributed by atoms with Gasteiger partial charge in [-0.3, -0.25) is 19.2 Å². The van der Waals surface area contributed by atoms with Crippen LogP contribution in [0.2, 0.25) is 0 Å². The molecule has 0 bridgehead atoms. The van der Waals surface area contributed by atoms with E-state index in [9.17, 15) is 24.3 Å². The zero-order chi connectivity index (χ0) is 19.6. The average molecular weight is 377 g/mol. The molecule has 2 amide bonds. The van der Waals surface area contributed by atoms with Gasteiger partial charge in [0.25, 0.3) is 17.4 Å². The van der Waals surface area contributed by atoms with Crippen molar-refractivity contribution in [2.75, 3.05) is 13.1 Å². The monoisotopic (exact) mass is 377 g/mol. The molecule has 9 nitrogen and oxygen atoms in total. The molecule has 1 aromatic heterocycles. The van der Waals surface area contributed by atoms with Gasteiger partial charge in [0, 0.05) is 18.8 Å². The molecular formula is C18H23N3O6. The van der Waals surface area contributed by atoms with Crippen molar-refractivity contribution in [2.45, 2.75) is 44.6 Å². The van der Waals surface area contributed by atoms with Crippen molar-refractivity contribution < 1.29 is 24.6 Å². The van der Waals surface area contributed by atoms with E-state index in [4.69, 9.17) is 5.11 Å². The second kappa shape index (κ2) is 7.81. The van der Waals surface area contributed by atoms with Crippen LogP contribution in [0.25, 0.3) is 0 Å². The largest absolute Gasteiger partial charge is 0.506 e. The number of nitrogens with one attached hydrogen (secondary N) is 2. The van der Waals surface area contributed by atoms with Gasteiger partial charge >= 0.3 is 5.97 Å². The van der Waals surface area contributed by atoms with Crippen LogP contribution in [0.5, 0.6) is 5.75 Å². The predicted octanol–water partition coefficient (Wildman–Crippen LogP) is 0.623. The van der Waals surface area contributed by atoms with Crippen molar-refractivity contribution in [3.05, 3.63) is 27.7 Å². The molecule has 2 saturated carbocycles. The Balaban J connectivity index is 1.98. The minimum Gasteiger partial charge on any atom is -0.506 e. The Morgan fingerprint density at radius 2 is 1.74 bits per heavy atom. The highest BCUT2D eigenvalue weighted by Gasteiger charge is 2.29. The SMILES string of the molecule is O=C(O)CNC(=O)c1c(O)c(C(=O)NCC2CC2)cn(C2CCCC2)c1=O. The number of carbonyl (C=O) groups is 3. The second-order valence-electron chi connectivity index (χ2n) is 7.15. The topological polar surface area (TPSA) is 138 Å². The van der Waals surface area contributed by atoms with E-state index < -0.39 is 41.2 Å². The number of carbonyl (C=O) groups excluding carboxylic acids is 2. The van der Waals surface area contributed by atoms with Gasteiger partial charge < -0.3 is 25.4 Å². The van der Waals surface area contributed by atoms with Crippen LogP contribution in [0, 0.1) is 5.92 Å². The fourth-order valence-electron chi connectivity index (χ4n) is 3.35. The van der Waals surface area contributed by atoms with Crippen molar-refractivity contribution in [1.82, 2.24) is 15.2 Å². The van der Waals surface area contributed by atoms with Crippen LogP contribution in [-0.2, 0) is 4.79 Å². The molecule has 0 unspecified atom stereocenters. The highest BCUT2D eigenvalue weighted by atomic mass is 16.4. The van der Waals surface area contributed by atoms with E-state index in [0.717, 1.165) is 38.5 Å². The van der Waals surface area contributed by atoms with Crippen LogP contribution in [-0.4, -0.2) is 45.7 Å². The number of hydrogen-bond donors (Lipinski definition) is 4. The van der Waals surface area contributed by atoms with Crippen molar-refractivity contribution in [1.29, 1.82) is 0 Å². The van der Waals surface area contributed by atoms with E-state index in [2.05, 4.69) is 10.6 Å². The van der Waals surface area contributed by atoms with Gasteiger partial charge in [0.1, 0.15) is 17.9 Å². The number of rotatable bonds is 7. The number of aromatic nitrogens is 1. The average Bonchev–Trinajstić information content (AvgIpc) is 3.30. The number of hydrogen-bond acceptors (Lipinski definition) is 5. The smallest absolute Gasteiger partial charge is 0.322 e. The third-order valence-electron chi connectivity index (χ3n) is 5.05. The highest BCUT2D eigenvalue weighted by molar-refractivity contribution is 6.04. The second-order valence-corrected chi connectivity index (χ2v) is 7.15. The minimum absolute atomic E-state index is 0.150. The lowest BCUT2D eigenvalue weighted by Gasteiger charge is -2.18. The molecule has 3 rings (SSSR count). The summed E-state index contributed by atoms with van der Waals surface area (Å²) in [5, 5.41) is 24.0. The summed E-state index contributed by atoms with van der Waals surface area (Å²) in [6.45, 7) is -0.222. The maximum Gasteiger partial charge on any atom is 0.322 e. The summed E-state index contributed by atoms with van der Waals surface area (Å²) in [5.41, 5.74) is -1.47. The fraction of sp³-hybridized carbons (Fsp3) is 0.556. The Morgan fingerprint density at radius 3 is 2.33 bits per heavy atom. The van der Waals surface area contributed by atoms with Gasteiger partial charge in [-0.05, 0) is 31.6 Å². The molecule has 1 heterocycles. The number of nitrogens with zero attached hydrogens (tertiary/aromatic N) is 1. The van der Waals surface area contributed by atoms with Gasteiger partial charge in [0.05, 0.1) is 5.56 Å². The molecule has 2 fully saturated rings. The molecule has 0 saturated heterocycles. The van der Waals surface area contributed by atoms with Crippen LogP contribution in [0.3, 0.4) is 0 Å². The van der Waals surface area contributed by atoms with Gasteiger partial charge in [-0.25, -0.2) is 0 Å². The molecule has 1 aromatic rings. The van der Waals surface area contributed by atoms with E-state index in [1.807, 2.05) is 0 Å². The molecule has 146 valence electrons. The van der Waals surface area contributed by atoms with Gasteiger partial charge in [-0.2, -0.15) is 0 Å². The van der Waals surface area contributed by atoms with Crippen molar-refractivity contribution in [3.63, 3.8) is 0 Å². The Morgan fingerprint density at radius 1 is 1.07 bits per heavy atom. The lowest BCUT2D eigenvalue weighted by molar-refractivity contribution is -0.135.